The monoisotopic (exact) mass is 214 g/mol. The zero-order chi connectivity index (χ0) is 11.9. The van der Waals surface area contributed by atoms with Crippen LogP contribution in [0.3, 0.4) is 0 Å². The molecule has 0 amide bonds. The summed E-state index contributed by atoms with van der Waals surface area (Å²) >= 11 is 0. The second-order valence-electron chi connectivity index (χ2n) is 3.02. The van der Waals surface area contributed by atoms with E-state index in [4.69, 9.17) is 20.8 Å². The molecule has 4 radical (unpaired) electrons. The number of aliphatic hydroxyl groups is 1. The lowest BCUT2D eigenvalue weighted by atomic mass is 9.61. The molecule has 0 unspecified atom stereocenters. The summed E-state index contributed by atoms with van der Waals surface area (Å²) in [5, 5.41) is 6.51. The smallest absolute Gasteiger partial charge is 0.405 e. The fourth-order valence-electron chi connectivity index (χ4n) is 1.02. The van der Waals surface area contributed by atoms with Crippen LogP contribution >= 0.6 is 0 Å². The average Bonchev–Trinajstić information content (AvgIpc) is 1.99. The maximum absolute atomic E-state index is 13.1. The first-order chi connectivity index (χ1) is 6.62. The maximum atomic E-state index is 13.1. The van der Waals surface area contributed by atoms with Gasteiger partial charge in [0.2, 0.25) is 0 Å². The van der Waals surface area contributed by atoms with Gasteiger partial charge < -0.3 is 5.11 Å². The summed E-state index contributed by atoms with van der Waals surface area (Å²) in [6.07, 6.45) is -4.65. The molecule has 0 fully saturated rings. The Bertz CT molecular complexity index is 370. The molecule has 0 saturated carbocycles. The van der Waals surface area contributed by atoms with Crippen LogP contribution in [0.15, 0.2) is 18.2 Å². The first kappa shape index (κ1) is 12.1. The number of hydrogen-bond donors (Lipinski definition) is 1. The fourth-order valence-corrected chi connectivity index (χ4v) is 1.02. The lowest BCUT2D eigenvalue weighted by Crippen LogP contribution is -2.27. The van der Waals surface area contributed by atoms with Crippen molar-refractivity contribution in [3.05, 3.63) is 35.1 Å². The highest BCUT2D eigenvalue weighted by Gasteiger charge is 2.32. The molecule has 1 aromatic carbocycles. The normalized spacial score (nSPS) is 12.9. The molecule has 1 N–H and O–H groups in total. The van der Waals surface area contributed by atoms with Crippen molar-refractivity contribution >= 4 is 15.7 Å². The van der Waals surface area contributed by atoms with Crippen molar-refractivity contribution in [3.63, 3.8) is 0 Å². The predicted molar refractivity (Wildman–Crippen MR) is 46.8 cm³/mol. The van der Waals surface area contributed by atoms with Gasteiger partial charge in [0.25, 0.3) is 0 Å². The van der Waals surface area contributed by atoms with Crippen LogP contribution < -0.4 is 0 Å². The number of rotatable bonds is 1. The van der Waals surface area contributed by atoms with Crippen LogP contribution in [0.5, 0.6) is 0 Å². The van der Waals surface area contributed by atoms with Gasteiger partial charge in [0.05, 0.1) is 5.56 Å². The lowest BCUT2D eigenvalue weighted by Gasteiger charge is -2.20. The molecule has 1 rings (SSSR count). The third-order valence-electron chi connectivity index (χ3n) is 1.73. The Kier molecular flexibility index (Phi) is 2.87. The van der Waals surface area contributed by atoms with Gasteiger partial charge in [0.1, 0.15) is 21.5 Å². The SMILES string of the molecule is [B]C([B])(O)c1ccc(C(F)(F)F)cc1F. The lowest BCUT2D eigenvalue weighted by molar-refractivity contribution is -0.137. The second-order valence-corrected chi connectivity index (χ2v) is 3.02. The third-order valence-corrected chi connectivity index (χ3v) is 1.73. The van der Waals surface area contributed by atoms with Crippen molar-refractivity contribution in [1.82, 2.24) is 0 Å². The fraction of sp³-hybridized carbons (Fsp3) is 0.250. The molecular weight excluding hydrogens is 210 g/mol. The minimum absolute atomic E-state index is 0.222. The van der Waals surface area contributed by atoms with Crippen molar-refractivity contribution in [2.75, 3.05) is 0 Å². The van der Waals surface area contributed by atoms with Crippen molar-refractivity contribution in [2.45, 2.75) is 11.6 Å². The molecule has 1 aromatic rings. The number of halogens is 4. The Morgan fingerprint density at radius 2 is 1.67 bits per heavy atom. The van der Waals surface area contributed by atoms with Crippen LogP contribution in [0.1, 0.15) is 11.1 Å². The molecule has 0 aliphatic heterocycles. The topological polar surface area (TPSA) is 20.2 Å². The average molecular weight is 214 g/mol. The Morgan fingerprint density at radius 1 is 1.13 bits per heavy atom. The van der Waals surface area contributed by atoms with Gasteiger partial charge in [0.15, 0.2) is 0 Å². The van der Waals surface area contributed by atoms with E-state index >= 15 is 0 Å². The van der Waals surface area contributed by atoms with Gasteiger partial charge in [-0.3, -0.25) is 0 Å². The van der Waals surface area contributed by atoms with Crippen LogP contribution in [0.25, 0.3) is 0 Å². The summed E-state index contributed by atoms with van der Waals surface area (Å²) in [7, 11) is 9.86. The van der Waals surface area contributed by atoms with Crippen molar-refractivity contribution in [3.8, 4) is 0 Å². The summed E-state index contributed by atoms with van der Waals surface area (Å²) in [4.78, 5) is 0. The van der Waals surface area contributed by atoms with Gasteiger partial charge in [-0.2, -0.15) is 13.2 Å². The summed E-state index contributed by atoms with van der Waals surface area (Å²) in [5.74, 6) is -1.31. The Hall–Kier alpha value is -0.970. The predicted octanol–water partition coefficient (Wildman–Crippen LogP) is 1.28. The van der Waals surface area contributed by atoms with Gasteiger partial charge in [-0.25, -0.2) is 4.39 Å². The largest absolute Gasteiger partial charge is 0.416 e. The van der Waals surface area contributed by atoms with Gasteiger partial charge in [0, 0.05) is 11.0 Å². The molecule has 0 spiro atoms. The molecule has 0 saturated heterocycles. The van der Waals surface area contributed by atoms with Crippen molar-refractivity contribution < 1.29 is 22.7 Å². The Labute approximate surface area is 85.9 Å². The summed E-state index contributed by atoms with van der Waals surface area (Å²) in [6.45, 7) is 0. The molecule has 0 aliphatic rings. The second kappa shape index (κ2) is 3.56. The van der Waals surface area contributed by atoms with E-state index in [1.807, 2.05) is 0 Å². The highest BCUT2D eigenvalue weighted by molar-refractivity contribution is 6.38. The van der Waals surface area contributed by atoms with E-state index in [2.05, 4.69) is 0 Å². The first-order valence-electron chi connectivity index (χ1n) is 3.79. The van der Waals surface area contributed by atoms with Gasteiger partial charge >= 0.3 is 6.18 Å². The Balaban J connectivity index is 3.21. The van der Waals surface area contributed by atoms with E-state index in [9.17, 15) is 17.6 Å². The van der Waals surface area contributed by atoms with E-state index in [-0.39, 0.29) is 6.07 Å². The van der Waals surface area contributed by atoms with Crippen LogP contribution in [0.2, 0.25) is 0 Å². The minimum Gasteiger partial charge on any atom is -0.405 e. The molecule has 7 heteroatoms. The van der Waals surface area contributed by atoms with Gasteiger partial charge in [-0.1, -0.05) is 6.07 Å². The molecule has 15 heavy (non-hydrogen) atoms. The number of alkyl halides is 3. The molecule has 76 valence electrons. The quantitative estimate of drug-likeness (QED) is 0.551. The summed E-state index contributed by atoms with van der Waals surface area (Å²) < 4.78 is 49.4. The van der Waals surface area contributed by atoms with Crippen LogP contribution in [0, 0.1) is 5.82 Å². The van der Waals surface area contributed by atoms with Crippen LogP contribution in [-0.4, -0.2) is 20.8 Å². The van der Waals surface area contributed by atoms with Crippen molar-refractivity contribution in [2.24, 2.45) is 0 Å². The zero-order valence-electron chi connectivity index (χ0n) is 7.35. The highest BCUT2D eigenvalue weighted by Crippen LogP contribution is 2.31. The van der Waals surface area contributed by atoms with E-state index in [1.54, 1.807) is 0 Å². The maximum Gasteiger partial charge on any atom is 0.416 e. The molecular formula is C8H4B2F4O. The molecule has 0 aromatic heterocycles. The van der Waals surface area contributed by atoms with E-state index in [1.165, 1.54) is 0 Å². The van der Waals surface area contributed by atoms with Crippen LogP contribution in [-0.2, 0) is 11.6 Å². The van der Waals surface area contributed by atoms with E-state index in [0.717, 1.165) is 0 Å². The van der Waals surface area contributed by atoms with Crippen LogP contribution in [0.4, 0.5) is 17.6 Å². The van der Waals surface area contributed by atoms with E-state index in [0.29, 0.717) is 12.1 Å². The van der Waals surface area contributed by atoms with E-state index < -0.39 is 28.5 Å². The molecule has 1 nitrogen and oxygen atoms in total. The zero-order valence-corrected chi connectivity index (χ0v) is 7.35. The van der Waals surface area contributed by atoms with Gasteiger partial charge in [-0.05, 0) is 12.1 Å². The molecule has 0 heterocycles. The first-order valence-corrected chi connectivity index (χ1v) is 3.79. The third kappa shape index (κ3) is 2.75. The minimum atomic E-state index is -4.65. The van der Waals surface area contributed by atoms with Crippen molar-refractivity contribution in [1.29, 1.82) is 0 Å². The molecule has 0 atom stereocenters. The number of benzene rings is 1. The molecule has 0 aliphatic carbocycles. The Morgan fingerprint density at radius 3 is 2.00 bits per heavy atom. The summed E-state index contributed by atoms with van der Waals surface area (Å²) in [6, 6.07) is 1.50. The molecule has 0 bridgehead atoms. The standard InChI is InChI=1S/C8H4B2F4O/c9-7(10,15)5-2-1-4(3-6(5)11)8(12,13)14/h1-3,15H. The highest BCUT2D eigenvalue weighted by atomic mass is 19.4. The van der Waals surface area contributed by atoms with Gasteiger partial charge in [-0.15, -0.1) is 0 Å². The summed E-state index contributed by atoms with van der Waals surface area (Å²) in [5.41, 5.74) is -1.77. The number of hydrogen-bond acceptors (Lipinski definition) is 1.